The van der Waals surface area contributed by atoms with Crippen molar-refractivity contribution >= 4 is 5.91 Å². The van der Waals surface area contributed by atoms with Gasteiger partial charge in [-0.3, -0.25) is 14.7 Å². The molecule has 0 spiro atoms. The maximum Gasteiger partial charge on any atom is 0.287 e. The minimum absolute atomic E-state index is 0.107. The van der Waals surface area contributed by atoms with Gasteiger partial charge in [-0.15, -0.1) is 0 Å². The highest BCUT2D eigenvalue weighted by Gasteiger charge is 2.34. The standard InChI is InChI=1S/C18H26N6O/c1-22(2)10-14-11-24(12-15-6-4-5-7-19-15)13-16(14)21-18(25)17-20-8-9-23(17)3/h4-9,14,16H,10-13H2,1-3H3,(H,21,25)/t14-,16-/m1/s1. The molecule has 0 saturated carbocycles. The molecule has 0 bridgehead atoms. The van der Waals surface area contributed by atoms with Crippen LogP contribution in [0.15, 0.2) is 36.8 Å². The Balaban J connectivity index is 1.67. The second-order valence-electron chi connectivity index (χ2n) is 6.98. The van der Waals surface area contributed by atoms with Crippen LogP contribution in [-0.4, -0.2) is 70.0 Å². The van der Waals surface area contributed by atoms with Crippen molar-refractivity contribution in [2.75, 3.05) is 33.7 Å². The lowest BCUT2D eigenvalue weighted by Gasteiger charge is -2.22. The summed E-state index contributed by atoms with van der Waals surface area (Å²) in [5, 5.41) is 3.18. The van der Waals surface area contributed by atoms with Crippen LogP contribution in [0.5, 0.6) is 0 Å². The molecule has 1 fully saturated rings. The van der Waals surface area contributed by atoms with Gasteiger partial charge in [0, 0.05) is 63.8 Å². The van der Waals surface area contributed by atoms with Crippen LogP contribution < -0.4 is 5.32 Å². The highest BCUT2D eigenvalue weighted by Crippen LogP contribution is 2.20. The Bertz CT molecular complexity index is 699. The molecular weight excluding hydrogens is 316 g/mol. The van der Waals surface area contributed by atoms with Crippen LogP contribution in [-0.2, 0) is 13.6 Å². The molecule has 1 aliphatic rings. The Hall–Kier alpha value is -2.25. The highest BCUT2D eigenvalue weighted by atomic mass is 16.2. The molecule has 2 atom stereocenters. The van der Waals surface area contributed by atoms with Gasteiger partial charge in [0.25, 0.3) is 5.91 Å². The summed E-state index contributed by atoms with van der Waals surface area (Å²) >= 11 is 0. The number of nitrogens with zero attached hydrogens (tertiary/aromatic N) is 5. The smallest absolute Gasteiger partial charge is 0.287 e. The minimum atomic E-state index is -0.110. The number of imidazole rings is 1. The summed E-state index contributed by atoms with van der Waals surface area (Å²) in [6, 6.07) is 6.09. The van der Waals surface area contributed by atoms with E-state index in [1.165, 1.54) is 0 Å². The number of carbonyl (C=O) groups excluding carboxylic acids is 1. The zero-order chi connectivity index (χ0) is 17.8. The predicted molar refractivity (Wildman–Crippen MR) is 96.0 cm³/mol. The first-order chi connectivity index (χ1) is 12.0. The average Bonchev–Trinajstić information content (AvgIpc) is 3.14. The molecule has 3 heterocycles. The molecule has 0 radical (unpaired) electrons. The number of aromatic nitrogens is 3. The first-order valence-corrected chi connectivity index (χ1v) is 8.58. The first-order valence-electron chi connectivity index (χ1n) is 8.58. The third-order valence-electron chi connectivity index (χ3n) is 4.57. The largest absolute Gasteiger partial charge is 0.345 e. The van der Waals surface area contributed by atoms with Crippen molar-refractivity contribution in [3.05, 3.63) is 48.3 Å². The molecule has 0 aromatic carbocycles. The molecule has 2 aromatic rings. The molecule has 1 N–H and O–H groups in total. The number of nitrogens with one attached hydrogen (secondary N) is 1. The van der Waals surface area contributed by atoms with E-state index >= 15 is 0 Å². The van der Waals surface area contributed by atoms with Gasteiger partial charge < -0.3 is 14.8 Å². The molecular formula is C18H26N6O. The van der Waals surface area contributed by atoms with Crippen LogP contribution in [0.1, 0.15) is 16.3 Å². The van der Waals surface area contributed by atoms with Crippen molar-refractivity contribution in [2.24, 2.45) is 13.0 Å². The average molecular weight is 342 g/mol. The van der Waals surface area contributed by atoms with Gasteiger partial charge in [-0.25, -0.2) is 4.98 Å². The van der Waals surface area contributed by atoms with Gasteiger partial charge in [0.1, 0.15) is 0 Å². The zero-order valence-electron chi connectivity index (χ0n) is 15.1. The van der Waals surface area contributed by atoms with Crippen molar-refractivity contribution in [2.45, 2.75) is 12.6 Å². The van der Waals surface area contributed by atoms with E-state index in [4.69, 9.17) is 0 Å². The van der Waals surface area contributed by atoms with Crippen LogP contribution in [0.25, 0.3) is 0 Å². The quantitative estimate of drug-likeness (QED) is 0.833. The maximum atomic E-state index is 12.5. The molecule has 7 nitrogen and oxygen atoms in total. The highest BCUT2D eigenvalue weighted by molar-refractivity contribution is 5.91. The Morgan fingerprint density at radius 1 is 1.28 bits per heavy atom. The Labute approximate surface area is 148 Å². The van der Waals surface area contributed by atoms with Gasteiger partial charge in [0.2, 0.25) is 0 Å². The van der Waals surface area contributed by atoms with Crippen LogP contribution in [0.4, 0.5) is 0 Å². The monoisotopic (exact) mass is 342 g/mol. The number of likely N-dealkylation sites (tertiary alicyclic amines) is 1. The van der Waals surface area contributed by atoms with Crippen molar-refractivity contribution in [3.8, 4) is 0 Å². The predicted octanol–water partition coefficient (Wildman–Crippen LogP) is 0.607. The third kappa shape index (κ3) is 4.43. The molecule has 3 rings (SSSR count). The summed E-state index contributed by atoms with van der Waals surface area (Å²) in [4.78, 5) is 25.6. The Kier molecular flexibility index (Phi) is 5.45. The van der Waals surface area contributed by atoms with Crippen molar-refractivity contribution < 1.29 is 4.79 Å². The minimum Gasteiger partial charge on any atom is -0.345 e. The zero-order valence-corrected chi connectivity index (χ0v) is 15.1. The summed E-state index contributed by atoms with van der Waals surface area (Å²) in [6.07, 6.45) is 5.26. The summed E-state index contributed by atoms with van der Waals surface area (Å²) < 4.78 is 1.75. The van der Waals surface area contributed by atoms with Gasteiger partial charge in [-0.1, -0.05) is 6.07 Å². The Morgan fingerprint density at radius 3 is 2.76 bits per heavy atom. The molecule has 134 valence electrons. The third-order valence-corrected chi connectivity index (χ3v) is 4.57. The van der Waals surface area contributed by atoms with Crippen molar-refractivity contribution in [1.29, 1.82) is 0 Å². The fourth-order valence-electron chi connectivity index (χ4n) is 3.45. The van der Waals surface area contributed by atoms with Gasteiger partial charge in [-0.2, -0.15) is 0 Å². The van der Waals surface area contributed by atoms with E-state index in [9.17, 15) is 4.79 Å². The van der Waals surface area contributed by atoms with Gasteiger partial charge in [0.05, 0.1) is 5.69 Å². The van der Waals surface area contributed by atoms with Gasteiger partial charge in [-0.05, 0) is 26.2 Å². The molecule has 1 aliphatic heterocycles. The molecule has 2 aromatic heterocycles. The molecule has 0 aliphatic carbocycles. The number of pyridine rings is 1. The van der Waals surface area contributed by atoms with Crippen LogP contribution >= 0.6 is 0 Å². The SMILES string of the molecule is CN(C)C[C@@H]1CN(Cc2ccccn2)C[C@H]1NC(=O)c1nccn1C. The fraction of sp³-hybridized carbons (Fsp3) is 0.500. The second-order valence-corrected chi connectivity index (χ2v) is 6.98. The second kappa shape index (κ2) is 7.76. The molecule has 1 amide bonds. The number of rotatable bonds is 6. The van der Waals surface area contributed by atoms with Gasteiger partial charge in [0.15, 0.2) is 5.82 Å². The normalized spacial score (nSPS) is 21.0. The number of hydrogen-bond donors (Lipinski definition) is 1. The maximum absolute atomic E-state index is 12.5. The number of aryl methyl sites for hydroxylation is 1. The van der Waals surface area contributed by atoms with E-state index in [0.717, 1.165) is 31.9 Å². The lowest BCUT2D eigenvalue weighted by atomic mass is 10.0. The molecule has 25 heavy (non-hydrogen) atoms. The summed E-state index contributed by atoms with van der Waals surface area (Å²) in [7, 11) is 5.97. The fourth-order valence-corrected chi connectivity index (χ4v) is 3.45. The molecule has 0 unspecified atom stereocenters. The topological polar surface area (TPSA) is 66.3 Å². The van der Waals surface area contributed by atoms with E-state index in [1.807, 2.05) is 31.4 Å². The van der Waals surface area contributed by atoms with Crippen LogP contribution in [0, 0.1) is 5.92 Å². The van der Waals surface area contributed by atoms with E-state index < -0.39 is 0 Å². The van der Waals surface area contributed by atoms with Gasteiger partial charge >= 0.3 is 0 Å². The number of hydrogen-bond acceptors (Lipinski definition) is 5. The number of amides is 1. The summed E-state index contributed by atoms with van der Waals surface area (Å²) in [6.45, 7) is 3.51. The Morgan fingerprint density at radius 2 is 2.12 bits per heavy atom. The summed E-state index contributed by atoms with van der Waals surface area (Å²) in [5.74, 6) is 0.718. The van der Waals surface area contributed by atoms with Crippen molar-refractivity contribution in [3.63, 3.8) is 0 Å². The molecule has 1 saturated heterocycles. The van der Waals surface area contributed by atoms with Crippen LogP contribution in [0.3, 0.4) is 0 Å². The van der Waals surface area contributed by atoms with Crippen LogP contribution in [0.2, 0.25) is 0 Å². The van der Waals surface area contributed by atoms with E-state index in [0.29, 0.717) is 11.7 Å². The lowest BCUT2D eigenvalue weighted by Crippen LogP contribution is -2.44. The van der Waals surface area contributed by atoms with E-state index in [2.05, 4.69) is 39.2 Å². The van der Waals surface area contributed by atoms with E-state index in [-0.39, 0.29) is 11.9 Å². The number of carbonyl (C=O) groups is 1. The van der Waals surface area contributed by atoms with E-state index in [1.54, 1.807) is 17.0 Å². The van der Waals surface area contributed by atoms with Crippen molar-refractivity contribution in [1.82, 2.24) is 29.7 Å². The summed E-state index contributed by atoms with van der Waals surface area (Å²) in [5.41, 5.74) is 1.06. The lowest BCUT2D eigenvalue weighted by molar-refractivity contribution is 0.0913. The first kappa shape index (κ1) is 17.6. The molecule has 7 heteroatoms.